The summed E-state index contributed by atoms with van der Waals surface area (Å²) >= 11 is 0. The fourth-order valence-electron chi connectivity index (χ4n) is 2.91. The Morgan fingerprint density at radius 1 is 1.26 bits per heavy atom. The van der Waals surface area contributed by atoms with Crippen molar-refractivity contribution in [3.63, 3.8) is 0 Å². The Kier molecular flexibility index (Phi) is 4.94. The number of rotatable bonds is 5. The molecular weight excluding hydrogens is 241 g/mol. The van der Waals surface area contributed by atoms with Gasteiger partial charge in [0.1, 0.15) is 5.82 Å². The number of hydrogen-bond acceptors (Lipinski definition) is 2. The van der Waals surface area contributed by atoms with E-state index in [9.17, 15) is 9.50 Å². The lowest BCUT2D eigenvalue weighted by Crippen LogP contribution is -2.38. The smallest absolute Gasteiger partial charge is 0.126 e. The van der Waals surface area contributed by atoms with Crippen molar-refractivity contribution in [2.75, 3.05) is 13.2 Å². The maximum absolute atomic E-state index is 13.4. The molecule has 106 valence electrons. The highest BCUT2D eigenvalue weighted by molar-refractivity contribution is 5.23. The van der Waals surface area contributed by atoms with E-state index in [2.05, 4.69) is 5.32 Å². The zero-order valence-corrected chi connectivity index (χ0v) is 11.7. The number of aliphatic hydroxyl groups excluding tert-OH is 1. The minimum Gasteiger partial charge on any atom is -0.396 e. The average molecular weight is 265 g/mol. The molecule has 0 saturated heterocycles. The van der Waals surface area contributed by atoms with Crippen LogP contribution in [0.15, 0.2) is 18.2 Å². The molecule has 1 aliphatic rings. The fraction of sp³-hybridized carbons (Fsp3) is 0.625. The van der Waals surface area contributed by atoms with E-state index in [0.29, 0.717) is 12.1 Å². The standard InChI is InChI=1S/C16H24FNO/c1-13-5-6-14(9-15(13)17)10-18-11-16(12-19)7-3-2-4-8-16/h5-6,9,18-19H,2-4,7-8,10-12H2,1H3. The molecule has 1 aromatic carbocycles. The zero-order valence-electron chi connectivity index (χ0n) is 11.7. The van der Waals surface area contributed by atoms with Crippen LogP contribution in [-0.4, -0.2) is 18.3 Å². The molecule has 0 spiro atoms. The first-order valence-electron chi connectivity index (χ1n) is 7.22. The first kappa shape index (κ1) is 14.5. The SMILES string of the molecule is Cc1ccc(CNCC2(CO)CCCCC2)cc1F. The molecule has 0 unspecified atom stereocenters. The minimum atomic E-state index is -0.145. The number of benzene rings is 1. The van der Waals surface area contributed by atoms with E-state index >= 15 is 0 Å². The van der Waals surface area contributed by atoms with Gasteiger partial charge in [-0.05, 0) is 37.0 Å². The second-order valence-electron chi connectivity index (χ2n) is 5.91. The molecule has 0 bridgehead atoms. The van der Waals surface area contributed by atoms with Crippen LogP contribution in [-0.2, 0) is 6.54 Å². The Bertz CT molecular complexity index is 413. The van der Waals surface area contributed by atoms with E-state index in [1.807, 2.05) is 12.1 Å². The van der Waals surface area contributed by atoms with Gasteiger partial charge in [0.2, 0.25) is 0 Å². The van der Waals surface area contributed by atoms with Gasteiger partial charge in [-0.1, -0.05) is 31.4 Å². The van der Waals surface area contributed by atoms with Crippen molar-refractivity contribution in [3.8, 4) is 0 Å². The van der Waals surface area contributed by atoms with E-state index in [-0.39, 0.29) is 17.8 Å². The highest BCUT2D eigenvalue weighted by Crippen LogP contribution is 2.35. The van der Waals surface area contributed by atoms with Gasteiger partial charge in [0.05, 0.1) is 0 Å². The predicted octanol–water partition coefficient (Wildman–Crippen LogP) is 3.17. The molecule has 1 saturated carbocycles. The third kappa shape index (κ3) is 3.77. The Morgan fingerprint density at radius 2 is 2.00 bits per heavy atom. The van der Waals surface area contributed by atoms with Gasteiger partial charge in [-0.2, -0.15) is 0 Å². The van der Waals surface area contributed by atoms with Gasteiger partial charge in [0.15, 0.2) is 0 Å². The van der Waals surface area contributed by atoms with Crippen LogP contribution < -0.4 is 5.32 Å². The molecule has 0 heterocycles. The number of aliphatic hydroxyl groups is 1. The maximum Gasteiger partial charge on any atom is 0.126 e. The highest BCUT2D eigenvalue weighted by Gasteiger charge is 2.30. The first-order chi connectivity index (χ1) is 9.15. The fourth-order valence-corrected chi connectivity index (χ4v) is 2.91. The number of aryl methyl sites for hydroxylation is 1. The second kappa shape index (κ2) is 6.49. The van der Waals surface area contributed by atoms with Gasteiger partial charge in [0, 0.05) is 25.1 Å². The summed E-state index contributed by atoms with van der Waals surface area (Å²) in [6.45, 7) is 3.51. The molecule has 19 heavy (non-hydrogen) atoms. The maximum atomic E-state index is 13.4. The van der Waals surface area contributed by atoms with Gasteiger partial charge in [-0.15, -0.1) is 0 Å². The lowest BCUT2D eigenvalue weighted by molar-refractivity contribution is 0.0810. The van der Waals surface area contributed by atoms with E-state index in [4.69, 9.17) is 0 Å². The van der Waals surface area contributed by atoms with E-state index in [1.54, 1.807) is 13.0 Å². The van der Waals surface area contributed by atoms with Crippen LogP contribution in [0.1, 0.15) is 43.2 Å². The number of halogens is 1. The lowest BCUT2D eigenvalue weighted by Gasteiger charge is -2.35. The molecule has 1 aromatic rings. The molecule has 1 fully saturated rings. The summed E-state index contributed by atoms with van der Waals surface area (Å²) in [6, 6.07) is 5.36. The molecule has 2 rings (SSSR count). The summed E-state index contributed by atoms with van der Waals surface area (Å²) in [5.74, 6) is -0.145. The summed E-state index contributed by atoms with van der Waals surface area (Å²) in [5.41, 5.74) is 1.69. The van der Waals surface area contributed by atoms with Crippen LogP contribution in [0.2, 0.25) is 0 Å². The van der Waals surface area contributed by atoms with Gasteiger partial charge in [-0.25, -0.2) is 4.39 Å². The van der Waals surface area contributed by atoms with Gasteiger partial charge in [-0.3, -0.25) is 0 Å². The quantitative estimate of drug-likeness (QED) is 0.857. The van der Waals surface area contributed by atoms with Crippen LogP contribution >= 0.6 is 0 Å². The molecule has 1 aliphatic carbocycles. The Hall–Kier alpha value is -0.930. The van der Waals surface area contributed by atoms with E-state index in [1.165, 1.54) is 19.3 Å². The predicted molar refractivity (Wildman–Crippen MR) is 75.4 cm³/mol. The summed E-state index contributed by atoms with van der Waals surface area (Å²) < 4.78 is 13.4. The summed E-state index contributed by atoms with van der Waals surface area (Å²) in [5, 5.41) is 13.0. The monoisotopic (exact) mass is 265 g/mol. The van der Waals surface area contributed by atoms with Crippen molar-refractivity contribution >= 4 is 0 Å². The van der Waals surface area contributed by atoms with Crippen molar-refractivity contribution in [2.24, 2.45) is 5.41 Å². The molecule has 0 aliphatic heterocycles. The van der Waals surface area contributed by atoms with Crippen molar-refractivity contribution < 1.29 is 9.50 Å². The summed E-state index contributed by atoms with van der Waals surface area (Å²) in [7, 11) is 0. The first-order valence-corrected chi connectivity index (χ1v) is 7.22. The summed E-state index contributed by atoms with van der Waals surface area (Å²) in [4.78, 5) is 0. The number of hydrogen-bond donors (Lipinski definition) is 2. The topological polar surface area (TPSA) is 32.3 Å². The zero-order chi connectivity index (χ0) is 13.7. The van der Waals surface area contributed by atoms with Gasteiger partial charge >= 0.3 is 0 Å². The van der Waals surface area contributed by atoms with E-state index in [0.717, 1.165) is 24.9 Å². The minimum absolute atomic E-state index is 0.0431. The summed E-state index contributed by atoms with van der Waals surface area (Å²) in [6.07, 6.45) is 5.89. The Balaban J connectivity index is 1.86. The molecule has 3 heteroatoms. The van der Waals surface area contributed by atoms with Crippen molar-refractivity contribution in [3.05, 3.63) is 35.1 Å². The number of nitrogens with one attached hydrogen (secondary N) is 1. The molecule has 0 aromatic heterocycles. The van der Waals surface area contributed by atoms with Crippen LogP contribution in [0.4, 0.5) is 4.39 Å². The lowest BCUT2D eigenvalue weighted by atomic mass is 9.74. The Morgan fingerprint density at radius 3 is 2.63 bits per heavy atom. The largest absolute Gasteiger partial charge is 0.396 e. The normalized spacial score (nSPS) is 18.5. The van der Waals surface area contributed by atoms with Crippen LogP contribution in [0.25, 0.3) is 0 Å². The van der Waals surface area contributed by atoms with Crippen molar-refractivity contribution in [1.82, 2.24) is 5.32 Å². The van der Waals surface area contributed by atoms with E-state index < -0.39 is 0 Å². The van der Waals surface area contributed by atoms with Crippen LogP contribution in [0, 0.1) is 18.2 Å². The third-order valence-corrected chi connectivity index (χ3v) is 4.31. The van der Waals surface area contributed by atoms with Crippen molar-refractivity contribution in [1.29, 1.82) is 0 Å². The molecule has 0 amide bonds. The molecule has 2 N–H and O–H groups in total. The molecular formula is C16H24FNO. The third-order valence-electron chi connectivity index (χ3n) is 4.31. The van der Waals surface area contributed by atoms with Crippen LogP contribution in [0.3, 0.4) is 0 Å². The Labute approximate surface area is 115 Å². The van der Waals surface area contributed by atoms with Gasteiger partial charge < -0.3 is 10.4 Å². The molecule has 0 radical (unpaired) electrons. The van der Waals surface area contributed by atoms with Gasteiger partial charge in [0.25, 0.3) is 0 Å². The van der Waals surface area contributed by atoms with Crippen molar-refractivity contribution in [2.45, 2.75) is 45.6 Å². The van der Waals surface area contributed by atoms with Crippen LogP contribution in [0.5, 0.6) is 0 Å². The second-order valence-corrected chi connectivity index (χ2v) is 5.91. The highest BCUT2D eigenvalue weighted by atomic mass is 19.1. The molecule has 2 nitrogen and oxygen atoms in total. The molecule has 0 atom stereocenters. The average Bonchev–Trinajstić information content (AvgIpc) is 2.44.